The van der Waals surface area contributed by atoms with Crippen molar-refractivity contribution in [3.8, 4) is 0 Å². The van der Waals surface area contributed by atoms with Crippen molar-refractivity contribution in [3.05, 3.63) is 63.3 Å². The molecule has 1 aromatic heterocycles. The molecule has 7 heteroatoms. The van der Waals surface area contributed by atoms with Gasteiger partial charge in [-0.15, -0.1) is 0 Å². The monoisotopic (exact) mass is 376 g/mol. The highest BCUT2D eigenvalue weighted by molar-refractivity contribution is 7.89. The molecule has 0 bridgehead atoms. The van der Waals surface area contributed by atoms with Crippen LogP contribution in [0.25, 0.3) is 10.2 Å². The first-order valence-corrected chi connectivity index (χ1v) is 10.3. The summed E-state index contributed by atoms with van der Waals surface area (Å²) in [6.45, 7) is 3.92. The Labute approximate surface area is 151 Å². The van der Waals surface area contributed by atoms with E-state index in [-0.39, 0.29) is 15.8 Å². The number of thiazole rings is 1. The van der Waals surface area contributed by atoms with Crippen LogP contribution >= 0.6 is 11.3 Å². The summed E-state index contributed by atoms with van der Waals surface area (Å²) in [6, 6.07) is 12.2. The average molecular weight is 377 g/mol. The average Bonchev–Trinajstić information content (AvgIpc) is 2.87. The lowest BCUT2D eigenvalue weighted by atomic mass is 10.0. The number of hydrogen-bond donors (Lipinski definition) is 1. The summed E-state index contributed by atoms with van der Waals surface area (Å²) >= 11 is 1.05. The van der Waals surface area contributed by atoms with Gasteiger partial charge in [-0.25, -0.2) is 13.1 Å². The molecule has 3 aromatic rings. The predicted molar refractivity (Wildman–Crippen MR) is 102 cm³/mol. The van der Waals surface area contributed by atoms with E-state index in [9.17, 15) is 13.2 Å². The van der Waals surface area contributed by atoms with Crippen molar-refractivity contribution < 1.29 is 8.42 Å². The van der Waals surface area contributed by atoms with Gasteiger partial charge in [0.15, 0.2) is 0 Å². The molecule has 132 valence electrons. The van der Waals surface area contributed by atoms with Crippen LogP contribution in [0, 0.1) is 6.92 Å². The Kier molecular flexibility index (Phi) is 4.81. The van der Waals surface area contributed by atoms with Gasteiger partial charge in [-0.05, 0) is 42.7 Å². The molecular formula is C18H20N2O3S2. The van der Waals surface area contributed by atoms with E-state index >= 15 is 0 Å². The summed E-state index contributed by atoms with van der Waals surface area (Å²) in [5, 5.41) is 0. The van der Waals surface area contributed by atoms with E-state index in [1.54, 1.807) is 25.2 Å². The van der Waals surface area contributed by atoms with Crippen LogP contribution in [0.1, 0.15) is 30.5 Å². The standard InChI is InChI=1S/C18H20N2O3S2/c1-4-15(14-8-6-5-7-12(14)2)19-25(22,23)13-9-10-16-17(11-13)24-18(21)20(16)3/h5-11,15,19H,4H2,1-3H3. The van der Waals surface area contributed by atoms with E-state index in [2.05, 4.69) is 4.72 Å². The summed E-state index contributed by atoms with van der Waals surface area (Å²) < 4.78 is 30.6. The van der Waals surface area contributed by atoms with Crippen molar-refractivity contribution in [1.29, 1.82) is 0 Å². The first-order chi connectivity index (χ1) is 11.8. The Hall–Kier alpha value is -1.96. The molecule has 0 aliphatic carbocycles. The number of sulfonamides is 1. The minimum atomic E-state index is -3.69. The Bertz CT molecular complexity index is 1080. The zero-order chi connectivity index (χ0) is 18.2. The fraction of sp³-hybridized carbons (Fsp3) is 0.278. The molecule has 0 fully saturated rings. The van der Waals surface area contributed by atoms with E-state index in [1.165, 1.54) is 4.57 Å². The summed E-state index contributed by atoms with van der Waals surface area (Å²) in [6.07, 6.45) is 0.644. The summed E-state index contributed by atoms with van der Waals surface area (Å²) in [5.74, 6) is 0. The molecule has 1 unspecified atom stereocenters. The maximum atomic E-state index is 12.8. The number of fused-ring (bicyclic) bond motifs is 1. The molecule has 25 heavy (non-hydrogen) atoms. The Morgan fingerprint density at radius 1 is 1.20 bits per heavy atom. The Balaban J connectivity index is 1.98. The van der Waals surface area contributed by atoms with Crippen molar-refractivity contribution in [1.82, 2.24) is 9.29 Å². The van der Waals surface area contributed by atoms with Crippen LogP contribution in [0.4, 0.5) is 0 Å². The number of hydrogen-bond acceptors (Lipinski definition) is 4. The number of nitrogens with zero attached hydrogens (tertiary/aromatic N) is 1. The molecule has 2 aromatic carbocycles. The van der Waals surface area contributed by atoms with Gasteiger partial charge in [-0.1, -0.05) is 42.5 Å². The van der Waals surface area contributed by atoms with Gasteiger partial charge in [-0.2, -0.15) is 0 Å². The topological polar surface area (TPSA) is 68.2 Å². The lowest BCUT2D eigenvalue weighted by Gasteiger charge is -2.19. The normalized spacial score (nSPS) is 13.2. The molecule has 1 N–H and O–H groups in total. The van der Waals surface area contributed by atoms with Crippen LogP contribution in [0.15, 0.2) is 52.2 Å². The zero-order valence-corrected chi connectivity index (χ0v) is 15.9. The van der Waals surface area contributed by atoms with Crippen LogP contribution in [0.3, 0.4) is 0 Å². The second kappa shape index (κ2) is 6.74. The number of aromatic nitrogens is 1. The smallest absolute Gasteiger partial charge is 0.302 e. The minimum absolute atomic E-state index is 0.108. The molecule has 0 aliphatic heterocycles. The molecule has 0 radical (unpaired) electrons. The summed E-state index contributed by atoms with van der Waals surface area (Å²) in [4.78, 5) is 11.8. The van der Waals surface area contributed by atoms with E-state index in [0.29, 0.717) is 11.1 Å². The third-order valence-corrected chi connectivity index (χ3v) is 6.81. The van der Waals surface area contributed by atoms with Crippen molar-refractivity contribution in [2.24, 2.45) is 7.05 Å². The van der Waals surface area contributed by atoms with Crippen molar-refractivity contribution in [3.63, 3.8) is 0 Å². The quantitative estimate of drug-likeness (QED) is 0.743. The molecule has 1 atom stereocenters. The van der Waals surface area contributed by atoms with Crippen molar-refractivity contribution in [2.75, 3.05) is 0 Å². The molecule has 5 nitrogen and oxygen atoms in total. The van der Waals surface area contributed by atoms with Crippen molar-refractivity contribution >= 4 is 31.6 Å². The van der Waals surface area contributed by atoms with Crippen molar-refractivity contribution in [2.45, 2.75) is 31.2 Å². The fourth-order valence-electron chi connectivity index (χ4n) is 2.88. The zero-order valence-electron chi connectivity index (χ0n) is 14.3. The van der Waals surface area contributed by atoms with Gasteiger partial charge in [0.2, 0.25) is 10.0 Å². The second-order valence-electron chi connectivity index (χ2n) is 6.00. The lowest BCUT2D eigenvalue weighted by molar-refractivity contribution is 0.549. The predicted octanol–water partition coefficient (Wildman–Crippen LogP) is 3.34. The van der Waals surface area contributed by atoms with E-state index < -0.39 is 10.0 Å². The van der Waals surface area contributed by atoms with Crippen LogP contribution in [-0.4, -0.2) is 13.0 Å². The SMILES string of the molecule is CCC(NS(=O)(=O)c1ccc2c(c1)sc(=O)n2C)c1ccccc1C. The van der Waals surface area contributed by atoms with E-state index in [1.807, 2.05) is 38.1 Å². The van der Waals surface area contributed by atoms with Gasteiger partial charge in [-0.3, -0.25) is 4.79 Å². The third kappa shape index (κ3) is 3.40. The molecule has 3 rings (SSSR count). The molecule has 1 heterocycles. The summed E-state index contributed by atoms with van der Waals surface area (Å²) in [7, 11) is -2.01. The highest BCUT2D eigenvalue weighted by Crippen LogP contribution is 2.25. The van der Waals surface area contributed by atoms with Crippen LogP contribution in [-0.2, 0) is 17.1 Å². The Morgan fingerprint density at radius 3 is 2.60 bits per heavy atom. The molecule has 0 spiro atoms. The number of aryl methyl sites for hydroxylation is 2. The fourth-order valence-corrected chi connectivity index (χ4v) is 5.20. The molecule has 0 amide bonds. The Morgan fingerprint density at radius 2 is 1.92 bits per heavy atom. The van der Waals surface area contributed by atoms with Gasteiger partial charge in [0.25, 0.3) is 0 Å². The van der Waals surface area contributed by atoms with Gasteiger partial charge in [0.05, 0.1) is 15.1 Å². The van der Waals surface area contributed by atoms with E-state index in [0.717, 1.165) is 28.0 Å². The molecule has 0 aliphatic rings. The summed E-state index contributed by atoms with van der Waals surface area (Å²) in [5.41, 5.74) is 2.76. The number of benzene rings is 2. The molecule has 0 saturated heterocycles. The largest absolute Gasteiger partial charge is 0.307 e. The maximum absolute atomic E-state index is 12.8. The third-order valence-electron chi connectivity index (χ3n) is 4.34. The van der Waals surface area contributed by atoms with E-state index in [4.69, 9.17) is 0 Å². The van der Waals surface area contributed by atoms with Gasteiger partial charge in [0.1, 0.15) is 0 Å². The highest BCUT2D eigenvalue weighted by Gasteiger charge is 2.22. The maximum Gasteiger partial charge on any atom is 0.307 e. The number of nitrogens with one attached hydrogen (secondary N) is 1. The second-order valence-corrected chi connectivity index (χ2v) is 8.70. The van der Waals surface area contributed by atoms with Gasteiger partial charge < -0.3 is 4.57 Å². The minimum Gasteiger partial charge on any atom is -0.302 e. The van der Waals surface area contributed by atoms with Gasteiger partial charge >= 0.3 is 4.87 Å². The number of rotatable bonds is 5. The first kappa shape index (κ1) is 17.8. The first-order valence-electron chi connectivity index (χ1n) is 8.01. The lowest BCUT2D eigenvalue weighted by Crippen LogP contribution is -2.28. The highest BCUT2D eigenvalue weighted by atomic mass is 32.2. The molecule has 0 saturated carbocycles. The molecular weight excluding hydrogens is 356 g/mol. The van der Waals surface area contributed by atoms with Crippen LogP contribution in [0.5, 0.6) is 0 Å². The van der Waals surface area contributed by atoms with Crippen LogP contribution in [0.2, 0.25) is 0 Å². The van der Waals surface area contributed by atoms with Gasteiger partial charge in [0, 0.05) is 13.1 Å². The van der Waals surface area contributed by atoms with Crippen LogP contribution < -0.4 is 9.60 Å².